The van der Waals surface area contributed by atoms with Gasteiger partial charge in [0.15, 0.2) is 11.5 Å². The normalized spacial score (nSPS) is 10.3. The van der Waals surface area contributed by atoms with Crippen LogP contribution in [0.15, 0.2) is 47.6 Å². The summed E-state index contributed by atoms with van der Waals surface area (Å²) in [4.78, 5) is 12.2. The molecule has 0 fully saturated rings. The molecule has 0 spiro atoms. The second-order valence-corrected chi connectivity index (χ2v) is 5.70. The highest BCUT2D eigenvalue weighted by molar-refractivity contribution is 5.95. The van der Waals surface area contributed by atoms with Gasteiger partial charge in [0, 0.05) is 5.56 Å². The Labute approximate surface area is 165 Å². The number of nitrogens with zero attached hydrogens (tertiary/aromatic N) is 1. The number of rotatable bonds is 10. The Morgan fingerprint density at radius 1 is 1.11 bits per heavy atom. The van der Waals surface area contributed by atoms with E-state index in [1.165, 1.54) is 6.21 Å². The molecule has 0 saturated carbocycles. The van der Waals surface area contributed by atoms with Crippen molar-refractivity contribution in [2.24, 2.45) is 5.10 Å². The van der Waals surface area contributed by atoms with E-state index in [9.17, 15) is 4.79 Å². The van der Waals surface area contributed by atoms with Crippen molar-refractivity contribution in [3.8, 4) is 29.6 Å². The largest absolute Gasteiger partial charge is 0.494 e. The standard InChI is InChI=1S/C22H24N2O4/c1-4-13-27-19-10-8-18(9-11-19)22(25)24-23-16-17-7-12-20(28-14-5-2)21(15-17)26-6-3/h2,7-12,15-16H,4,6,13-14H2,1,3H3,(H,24,25)/b23-16-. The minimum absolute atomic E-state index is 0.159. The van der Waals surface area contributed by atoms with Crippen molar-refractivity contribution in [1.29, 1.82) is 0 Å². The maximum atomic E-state index is 12.2. The van der Waals surface area contributed by atoms with Gasteiger partial charge in [-0.1, -0.05) is 12.8 Å². The van der Waals surface area contributed by atoms with Gasteiger partial charge in [-0.15, -0.1) is 6.42 Å². The van der Waals surface area contributed by atoms with Gasteiger partial charge in [-0.25, -0.2) is 5.43 Å². The third-order valence-electron chi connectivity index (χ3n) is 3.55. The van der Waals surface area contributed by atoms with Gasteiger partial charge in [-0.05, 0) is 61.4 Å². The average Bonchev–Trinajstić information content (AvgIpc) is 2.72. The fourth-order valence-corrected chi connectivity index (χ4v) is 2.26. The molecule has 0 aliphatic heterocycles. The zero-order valence-electron chi connectivity index (χ0n) is 16.1. The highest BCUT2D eigenvalue weighted by Gasteiger charge is 2.07. The number of nitrogens with one attached hydrogen (secondary N) is 1. The molecule has 1 amide bonds. The second kappa shape index (κ2) is 11.3. The van der Waals surface area contributed by atoms with Crippen molar-refractivity contribution in [1.82, 2.24) is 5.43 Å². The highest BCUT2D eigenvalue weighted by Crippen LogP contribution is 2.28. The van der Waals surface area contributed by atoms with Gasteiger partial charge in [0.1, 0.15) is 12.4 Å². The van der Waals surface area contributed by atoms with E-state index in [1.807, 2.05) is 13.8 Å². The van der Waals surface area contributed by atoms with E-state index >= 15 is 0 Å². The number of terminal acetylenes is 1. The summed E-state index contributed by atoms with van der Waals surface area (Å²) < 4.78 is 16.5. The first-order valence-corrected chi connectivity index (χ1v) is 9.07. The first-order valence-electron chi connectivity index (χ1n) is 9.07. The Kier molecular flexibility index (Phi) is 8.41. The van der Waals surface area contributed by atoms with Gasteiger partial charge in [0.25, 0.3) is 5.91 Å². The molecule has 1 N–H and O–H groups in total. The lowest BCUT2D eigenvalue weighted by Crippen LogP contribution is -2.17. The van der Waals surface area contributed by atoms with E-state index < -0.39 is 0 Å². The third kappa shape index (κ3) is 6.36. The number of benzene rings is 2. The van der Waals surface area contributed by atoms with Gasteiger partial charge < -0.3 is 14.2 Å². The lowest BCUT2D eigenvalue weighted by atomic mass is 10.2. The Morgan fingerprint density at radius 2 is 1.89 bits per heavy atom. The molecule has 6 heteroatoms. The van der Waals surface area contributed by atoms with Crippen molar-refractivity contribution in [2.45, 2.75) is 20.3 Å². The molecule has 0 aromatic heterocycles. The molecule has 0 unspecified atom stereocenters. The summed E-state index contributed by atoms with van der Waals surface area (Å²) in [6.07, 6.45) is 7.68. The van der Waals surface area contributed by atoms with Crippen molar-refractivity contribution < 1.29 is 19.0 Å². The lowest BCUT2D eigenvalue weighted by Gasteiger charge is -2.10. The smallest absolute Gasteiger partial charge is 0.271 e. The van der Waals surface area contributed by atoms with Crippen LogP contribution in [0.1, 0.15) is 36.2 Å². The van der Waals surface area contributed by atoms with Gasteiger partial charge in [0.2, 0.25) is 0 Å². The van der Waals surface area contributed by atoms with Gasteiger partial charge in [-0.3, -0.25) is 4.79 Å². The van der Waals surface area contributed by atoms with Crippen LogP contribution in [0, 0.1) is 12.3 Å². The van der Waals surface area contributed by atoms with E-state index in [-0.39, 0.29) is 12.5 Å². The molecule has 0 aliphatic carbocycles. The molecule has 6 nitrogen and oxygen atoms in total. The van der Waals surface area contributed by atoms with Gasteiger partial charge in [-0.2, -0.15) is 5.10 Å². The topological polar surface area (TPSA) is 69.2 Å². The molecule has 146 valence electrons. The number of hydrazone groups is 1. The van der Waals surface area contributed by atoms with E-state index in [2.05, 4.69) is 16.4 Å². The van der Waals surface area contributed by atoms with Crippen molar-refractivity contribution in [2.75, 3.05) is 19.8 Å². The van der Waals surface area contributed by atoms with Crippen molar-refractivity contribution >= 4 is 12.1 Å². The molecule has 0 bridgehead atoms. The van der Waals surface area contributed by atoms with Crippen LogP contribution >= 0.6 is 0 Å². The molecule has 0 aliphatic rings. The highest BCUT2D eigenvalue weighted by atomic mass is 16.5. The summed E-state index contributed by atoms with van der Waals surface area (Å²) in [6, 6.07) is 12.2. The third-order valence-corrected chi connectivity index (χ3v) is 3.55. The summed E-state index contributed by atoms with van der Waals surface area (Å²) in [5, 5.41) is 4.00. The zero-order chi connectivity index (χ0) is 20.2. The van der Waals surface area contributed by atoms with Crippen LogP contribution in [0.25, 0.3) is 0 Å². The van der Waals surface area contributed by atoms with Crippen molar-refractivity contribution in [3.05, 3.63) is 53.6 Å². The van der Waals surface area contributed by atoms with Crippen LogP contribution in [-0.2, 0) is 0 Å². The Hall–Kier alpha value is -3.46. The van der Waals surface area contributed by atoms with Crippen LogP contribution in [-0.4, -0.2) is 31.9 Å². The predicted octanol–water partition coefficient (Wildman–Crippen LogP) is 3.65. The lowest BCUT2D eigenvalue weighted by molar-refractivity contribution is 0.0955. The first-order chi connectivity index (χ1) is 13.7. The monoisotopic (exact) mass is 380 g/mol. The van der Waals surface area contributed by atoms with Gasteiger partial charge >= 0.3 is 0 Å². The molecule has 28 heavy (non-hydrogen) atoms. The second-order valence-electron chi connectivity index (χ2n) is 5.70. The fourth-order valence-electron chi connectivity index (χ4n) is 2.26. The molecular weight excluding hydrogens is 356 g/mol. The number of amides is 1. The zero-order valence-corrected chi connectivity index (χ0v) is 16.1. The molecule has 0 heterocycles. The summed E-state index contributed by atoms with van der Waals surface area (Å²) in [5.41, 5.74) is 3.75. The van der Waals surface area contributed by atoms with Gasteiger partial charge in [0.05, 0.1) is 19.4 Å². The number of carbonyl (C=O) groups excluding carboxylic acids is 1. The average molecular weight is 380 g/mol. The Balaban J connectivity index is 1.98. The molecule has 2 aromatic rings. The Morgan fingerprint density at radius 3 is 2.57 bits per heavy atom. The SMILES string of the molecule is C#CCOc1ccc(/C=N\NC(=O)c2ccc(OCCC)cc2)cc1OCC. The fraction of sp³-hybridized carbons (Fsp3) is 0.273. The molecule has 0 radical (unpaired) electrons. The van der Waals surface area contributed by atoms with E-state index in [0.717, 1.165) is 17.7 Å². The maximum absolute atomic E-state index is 12.2. The van der Waals surface area contributed by atoms with Crippen LogP contribution < -0.4 is 19.6 Å². The van der Waals surface area contributed by atoms with E-state index in [4.69, 9.17) is 20.6 Å². The van der Waals surface area contributed by atoms with E-state index in [0.29, 0.717) is 30.3 Å². The maximum Gasteiger partial charge on any atom is 0.271 e. The molecule has 0 atom stereocenters. The van der Waals surface area contributed by atoms with Crippen LogP contribution in [0.2, 0.25) is 0 Å². The van der Waals surface area contributed by atoms with Crippen LogP contribution in [0.4, 0.5) is 0 Å². The first kappa shape index (κ1) is 20.8. The molecule has 0 saturated heterocycles. The summed E-state index contributed by atoms with van der Waals surface area (Å²) in [7, 11) is 0. The van der Waals surface area contributed by atoms with Crippen molar-refractivity contribution in [3.63, 3.8) is 0 Å². The quantitative estimate of drug-likeness (QED) is 0.388. The minimum Gasteiger partial charge on any atom is -0.494 e. The number of hydrogen-bond acceptors (Lipinski definition) is 5. The summed E-state index contributed by atoms with van der Waals surface area (Å²) >= 11 is 0. The summed E-state index contributed by atoms with van der Waals surface area (Å²) in [5.74, 6) is 3.97. The molecule has 2 aromatic carbocycles. The summed E-state index contributed by atoms with van der Waals surface area (Å²) in [6.45, 7) is 5.21. The van der Waals surface area contributed by atoms with Crippen LogP contribution in [0.5, 0.6) is 17.2 Å². The molecular formula is C22H24N2O4. The number of ether oxygens (including phenoxy) is 3. The molecule has 2 rings (SSSR count). The Bertz CT molecular complexity index is 839. The number of hydrogen-bond donors (Lipinski definition) is 1. The van der Waals surface area contributed by atoms with Crippen LogP contribution in [0.3, 0.4) is 0 Å². The predicted molar refractivity (Wildman–Crippen MR) is 109 cm³/mol. The van der Waals surface area contributed by atoms with E-state index in [1.54, 1.807) is 42.5 Å². The minimum atomic E-state index is -0.308. The number of carbonyl (C=O) groups is 1.